The number of nitrogens with one attached hydrogen (secondary N) is 2. The van der Waals surface area contributed by atoms with Gasteiger partial charge in [-0.2, -0.15) is 0 Å². The quantitative estimate of drug-likeness (QED) is 0.716. The van der Waals surface area contributed by atoms with Crippen molar-refractivity contribution in [3.05, 3.63) is 89.7 Å². The standard InChI is InChI=1S/C26H27N3O3/c1-3-18-9-6-11-22(17-23(18)25(30)27-2)32-21-12-7-10-20(16-21)28-26(31)29-15-14-19-8-4-5-13-24(19)29/h4-13,16-18H,3,14-15H2,1-2H3,(H,27,30)(H,28,31). The second-order valence-electron chi connectivity index (χ2n) is 7.74. The summed E-state index contributed by atoms with van der Waals surface area (Å²) < 4.78 is 6.05. The van der Waals surface area contributed by atoms with Crippen molar-refractivity contribution in [3.8, 4) is 5.75 Å². The Balaban J connectivity index is 1.49. The maximum absolute atomic E-state index is 12.8. The summed E-state index contributed by atoms with van der Waals surface area (Å²) >= 11 is 0. The average Bonchev–Trinajstić information content (AvgIpc) is 3.14. The van der Waals surface area contributed by atoms with E-state index in [4.69, 9.17) is 4.74 Å². The summed E-state index contributed by atoms with van der Waals surface area (Å²) in [6.45, 7) is 2.70. The van der Waals surface area contributed by atoms with Crippen LogP contribution in [0, 0.1) is 5.92 Å². The molecule has 6 heteroatoms. The van der Waals surface area contributed by atoms with E-state index in [0.29, 0.717) is 29.3 Å². The van der Waals surface area contributed by atoms with Crippen LogP contribution < -0.4 is 20.3 Å². The van der Waals surface area contributed by atoms with Gasteiger partial charge in [-0.15, -0.1) is 0 Å². The highest BCUT2D eigenvalue weighted by Crippen LogP contribution is 2.29. The molecule has 2 aromatic carbocycles. The monoisotopic (exact) mass is 429 g/mol. The SMILES string of the molecule is CCC1C=CC=C(Oc2cccc(NC(=O)N3CCc4ccccc43)c2)C=C1C(=O)NC. The van der Waals surface area contributed by atoms with Crippen LogP contribution in [-0.2, 0) is 11.2 Å². The van der Waals surface area contributed by atoms with Crippen LogP contribution in [0.3, 0.4) is 0 Å². The van der Waals surface area contributed by atoms with Crippen molar-refractivity contribution in [3.63, 3.8) is 0 Å². The topological polar surface area (TPSA) is 70.7 Å². The molecule has 4 rings (SSSR count). The Kier molecular flexibility index (Phi) is 6.40. The third-order valence-electron chi connectivity index (χ3n) is 5.68. The van der Waals surface area contributed by atoms with Gasteiger partial charge in [-0.25, -0.2) is 4.79 Å². The molecular weight excluding hydrogens is 402 g/mol. The number of amides is 3. The number of nitrogens with zero attached hydrogens (tertiary/aromatic N) is 1. The van der Waals surface area contributed by atoms with Gasteiger partial charge in [-0.1, -0.05) is 43.3 Å². The molecular formula is C26H27N3O3. The van der Waals surface area contributed by atoms with Crippen molar-refractivity contribution in [2.24, 2.45) is 5.92 Å². The van der Waals surface area contributed by atoms with Crippen LogP contribution in [0.15, 0.2) is 84.2 Å². The first-order chi connectivity index (χ1) is 15.6. The van der Waals surface area contributed by atoms with E-state index in [-0.39, 0.29) is 17.9 Å². The molecule has 6 nitrogen and oxygen atoms in total. The zero-order chi connectivity index (χ0) is 22.5. The highest BCUT2D eigenvalue weighted by Gasteiger charge is 2.24. The number of anilines is 2. The van der Waals surface area contributed by atoms with Crippen molar-refractivity contribution >= 4 is 23.3 Å². The Morgan fingerprint density at radius 2 is 2.00 bits per heavy atom. The van der Waals surface area contributed by atoms with E-state index in [9.17, 15) is 9.59 Å². The zero-order valence-electron chi connectivity index (χ0n) is 18.3. The summed E-state index contributed by atoms with van der Waals surface area (Å²) in [5, 5.41) is 5.66. The van der Waals surface area contributed by atoms with Gasteiger partial charge < -0.3 is 15.4 Å². The highest BCUT2D eigenvalue weighted by atomic mass is 16.5. The Morgan fingerprint density at radius 1 is 1.16 bits per heavy atom. The summed E-state index contributed by atoms with van der Waals surface area (Å²) in [5.41, 5.74) is 3.43. The molecule has 164 valence electrons. The van der Waals surface area contributed by atoms with E-state index in [1.54, 1.807) is 24.1 Å². The van der Waals surface area contributed by atoms with Gasteiger partial charge in [-0.05, 0) is 48.8 Å². The summed E-state index contributed by atoms with van der Waals surface area (Å²) in [6, 6.07) is 15.0. The zero-order valence-corrected chi connectivity index (χ0v) is 18.3. The van der Waals surface area contributed by atoms with Crippen molar-refractivity contribution in [1.82, 2.24) is 5.32 Å². The summed E-state index contributed by atoms with van der Waals surface area (Å²) in [4.78, 5) is 26.9. The Labute approximate surface area is 188 Å². The molecule has 0 spiro atoms. The Bertz CT molecular complexity index is 1120. The van der Waals surface area contributed by atoms with E-state index in [1.165, 1.54) is 5.56 Å². The van der Waals surface area contributed by atoms with Crippen LogP contribution in [0.25, 0.3) is 0 Å². The summed E-state index contributed by atoms with van der Waals surface area (Å²) in [5.74, 6) is 1.05. The second kappa shape index (κ2) is 9.56. The van der Waals surface area contributed by atoms with Gasteiger partial charge in [-0.3, -0.25) is 9.69 Å². The smallest absolute Gasteiger partial charge is 0.326 e. The number of rotatable bonds is 5. The van der Waals surface area contributed by atoms with Gasteiger partial charge in [0.25, 0.3) is 0 Å². The fourth-order valence-corrected chi connectivity index (χ4v) is 4.01. The molecule has 0 radical (unpaired) electrons. The number of para-hydroxylation sites is 1. The minimum absolute atomic E-state index is 0.0289. The second-order valence-corrected chi connectivity index (χ2v) is 7.74. The van der Waals surface area contributed by atoms with Crippen LogP contribution in [0.2, 0.25) is 0 Å². The number of carbonyl (C=O) groups excluding carboxylic acids is 2. The van der Waals surface area contributed by atoms with E-state index in [2.05, 4.69) is 16.7 Å². The molecule has 2 N–H and O–H groups in total. The van der Waals surface area contributed by atoms with Crippen molar-refractivity contribution in [2.75, 3.05) is 23.8 Å². The van der Waals surface area contributed by atoms with Crippen LogP contribution in [-0.4, -0.2) is 25.5 Å². The fourth-order valence-electron chi connectivity index (χ4n) is 4.01. The number of urea groups is 1. The lowest BCUT2D eigenvalue weighted by Gasteiger charge is -2.18. The third kappa shape index (κ3) is 4.59. The maximum atomic E-state index is 12.8. The molecule has 0 bridgehead atoms. The molecule has 1 atom stereocenters. The van der Waals surface area contributed by atoms with Gasteiger partial charge >= 0.3 is 6.03 Å². The minimum atomic E-state index is -0.170. The first-order valence-corrected chi connectivity index (χ1v) is 10.9. The van der Waals surface area contributed by atoms with Gasteiger partial charge in [0.05, 0.1) is 0 Å². The molecule has 1 heterocycles. The first kappa shape index (κ1) is 21.4. The van der Waals surface area contributed by atoms with E-state index in [0.717, 1.165) is 18.5 Å². The summed E-state index contributed by atoms with van der Waals surface area (Å²) in [6.07, 6.45) is 9.20. The molecule has 1 aliphatic carbocycles. The van der Waals surface area contributed by atoms with Gasteiger partial charge in [0.1, 0.15) is 11.5 Å². The van der Waals surface area contributed by atoms with E-state index in [1.807, 2.05) is 61.5 Å². The molecule has 1 unspecified atom stereocenters. The largest absolute Gasteiger partial charge is 0.457 e. The molecule has 0 fully saturated rings. The third-order valence-corrected chi connectivity index (χ3v) is 5.68. The van der Waals surface area contributed by atoms with E-state index < -0.39 is 0 Å². The molecule has 32 heavy (non-hydrogen) atoms. The molecule has 3 amide bonds. The number of hydrogen-bond acceptors (Lipinski definition) is 3. The number of ether oxygens (including phenoxy) is 1. The van der Waals surface area contributed by atoms with Crippen LogP contribution in [0.5, 0.6) is 5.75 Å². The van der Waals surface area contributed by atoms with Gasteiger partial charge in [0.15, 0.2) is 0 Å². The fraction of sp³-hybridized carbons (Fsp3) is 0.231. The van der Waals surface area contributed by atoms with Crippen LogP contribution in [0.4, 0.5) is 16.2 Å². The number of hydrogen-bond donors (Lipinski definition) is 2. The molecule has 1 aliphatic heterocycles. The predicted octanol–water partition coefficient (Wildman–Crippen LogP) is 4.81. The lowest BCUT2D eigenvalue weighted by Crippen LogP contribution is -2.33. The lowest BCUT2D eigenvalue weighted by atomic mass is 9.95. The molecule has 0 saturated carbocycles. The van der Waals surface area contributed by atoms with Crippen molar-refractivity contribution in [1.29, 1.82) is 0 Å². The average molecular weight is 430 g/mol. The Hall–Kier alpha value is -3.80. The summed E-state index contributed by atoms with van der Waals surface area (Å²) in [7, 11) is 1.62. The van der Waals surface area contributed by atoms with Crippen molar-refractivity contribution < 1.29 is 14.3 Å². The van der Waals surface area contributed by atoms with Crippen LogP contribution >= 0.6 is 0 Å². The predicted molar refractivity (Wildman–Crippen MR) is 127 cm³/mol. The minimum Gasteiger partial charge on any atom is -0.457 e. The number of carbonyl (C=O) groups is 2. The number of fused-ring (bicyclic) bond motifs is 1. The molecule has 2 aromatic rings. The number of allylic oxidation sites excluding steroid dienone is 4. The normalized spacial score (nSPS) is 17.1. The highest BCUT2D eigenvalue weighted by molar-refractivity contribution is 6.03. The van der Waals surface area contributed by atoms with Crippen LogP contribution in [0.1, 0.15) is 18.9 Å². The number of benzene rings is 2. The van der Waals surface area contributed by atoms with Gasteiger partial charge in [0.2, 0.25) is 5.91 Å². The lowest BCUT2D eigenvalue weighted by molar-refractivity contribution is -0.117. The Morgan fingerprint density at radius 3 is 2.81 bits per heavy atom. The van der Waals surface area contributed by atoms with Crippen molar-refractivity contribution in [2.45, 2.75) is 19.8 Å². The molecule has 0 aromatic heterocycles. The molecule has 0 saturated heterocycles. The van der Waals surface area contributed by atoms with Gasteiger partial charge in [0, 0.05) is 42.5 Å². The number of likely N-dealkylation sites (N-methyl/N-ethyl adjacent to an activating group) is 1. The molecule has 2 aliphatic rings. The van der Waals surface area contributed by atoms with E-state index >= 15 is 0 Å². The first-order valence-electron chi connectivity index (χ1n) is 10.9. The maximum Gasteiger partial charge on any atom is 0.326 e.